The second kappa shape index (κ2) is 6.46. The maximum Gasteiger partial charge on any atom is 0.240 e. The van der Waals surface area contributed by atoms with Crippen molar-refractivity contribution >= 4 is 5.91 Å². The number of carbonyl (C=O) groups excluding carboxylic acids is 1. The van der Waals surface area contributed by atoms with Crippen molar-refractivity contribution in [2.24, 2.45) is 17.2 Å². The zero-order valence-electron chi connectivity index (χ0n) is 10.6. The number of carbonyl (C=O) groups is 1. The molecule has 0 aromatic carbocycles. The van der Waals surface area contributed by atoms with Crippen LogP contribution in [0.3, 0.4) is 0 Å². The van der Waals surface area contributed by atoms with Gasteiger partial charge in [0.25, 0.3) is 0 Å². The quantitative estimate of drug-likeness (QED) is 0.392. The van der Waals surface area contributed by atoms with Crippen LogP contribution in [0.15, 0.2) is 0 Å². The van der Waals surface area contributed by atoms with Gasteiger partial charge in [-0.15, -0.1) is 0 Å². The van der Waals surface area contributed by atoms with E-state index in [1.165, 1.54) is 0 Å². The number of hydrazine groups is 1. The van der Waals surface area contributed by atoms with E-state index in [4.69, 9.17) is 11.1 Å². The Hall–Kier alpha value is -1.12. The standard InChI is InChI=1S/C11H22N4O/c1-5-15(7-9(2)6-12)8-11(3,4)10(16)14-13/h9H,5,7-8,13H2,1-4H3,(H,14,16). The summed E-state index contributed by atoms with van der Waals surface area (Å²) < 4.78 is 0. The van der Waals surface area contributed by atoms with E-state index in [2.05, 4.69) is 16.4 Å². The largest absolute Gasteiger partial charge is 0.301 e. The predicted octanol–water partition coefficient (Wildman–Crippen LogP) is 0.484. The normalized spacial score (nSPS) is 13.3. The molecule has 0 aliphatic rings. The number of nitrogens with one attached hydrogen (secondary N) is 1. The molecule has 16 heavy (non-hydrogen) atoms. The summed E-state index contributed by atoms with van der Waals surface area (Å²) in [6.45, 7) is 9.66. The molecule has 92 valence electrons. The molecule has 5 heteroatoms. The highest BCUT2D eigenvalue weighted by molar-refractivity contribution is 5.81. The Morgan fingerprint density at radius 3 is 2.56 bits per heavy atom. The van der Waals surface area contributed by atoms with E-state index >= 15 is 0 Å². The number of amides is 1. The molecule has 0 heterocycles. The smallest absolute Gasteiger partial charge is 0.240 e. The molecule has 3 N–H and O–H groups in total. The summed E-state index contributed by atoms with van der Waals surface area (Å²) in [5, 5.41) is 8.76. The number of hydrogen-bond donors (Lipinski definition) is 2. The maximum atomic E-state index is 11.5. The number of nitrogens with zero attached hydrogens (tertiary/aromatic N) is 2. The van der Waals surface area contributed by atoms with Gasteiger partial charge in [-0.2, -0.15) is 5.26 Å². The van der Waals surface area contributed by atoms with Gasteiger partial charge in [-0.25, -0.2) is 5.84 Å². The SMILES string of the molecule is CCN(CC(C)C#N)CC(C)(C)C(=O)NN. The average molecular weight is 226 g/mol. The third kappa shape index (κ3) is 4.60. The van der Waals surface area contributed by atoms with Gasteiger partial charge in [-0.05, 0) is 27.3 Å². The molecule has 0 aliphatic heterocycles. The third-order valence-electron chi connectivity index (χ3n) is 2.56. The lowest BCUT2D eigenvalue weighted by Crippen LogP contribution is -2.47. The summed E-state index contributed by atoms with van der Waals surface area (Å²) in [7, 11) is 0. The zero-order chi connectivity index (χ0) is 12.8. The molecule has 0 aliphatic carbocycles. The van der Waals surface area contributed by atoms with Gasteiger partial charge in [0.15, 0.2) is 0 Å². The van der Waals surface area contributed by atoms with E-state index < -0.39 is 5.41 Å². The number of hydrogen-bond acceptors (Lipinski definition) is 4. The molecule has 1 amide bonds. The van der Waals surface area contributed by atoms with Crippen LogP contribution in [0.2, 0.25) is 0 Å². The Kier molecular flexibility index (Phi) is 6.01. The molecule has 0 saturated heterocycles. The maximum absolute atomic E-state index is 11.5. The van der Waals surface area contributed by atoms with Crippen LogP contribution in [-0.4, -0.2) is 30.4 Å². The molecular weight excluding hydrogens is 204 g/mol. The van der Waals surface area contributed by atoms with Crippen LogP contribution >= 0.6 is 0 Å². The van der Waals surface area contributed by atoms with E-state index in [1.807, 2.05) is 27.7 Å². The second-order valence-corrected chi connectivity index (χ2v) is 4.72. The van der Waals surface area contributed by atoms with E-state index in [1.54, 1.807) is 0 Å². The molecule has 0 rings (SSSR count). The average Bonchev–Trinajstić information content (AvgIpc) is 2.26. The zero-order valence-corrected chi connectivity index (χ0v) is 10.6. The van der Waals surface area contributed by atoms with Crippen molar-refractivity contribution in [3.8, 4) is 6.07 Å². The Bertz CT molecular complexity index is 270. The molecule has 1 unspecified atom stereocenters. The van der Waals surface area contributed by atoms with Crippen LogP contribution in [0.25, 0.3) is 0 Å². The van der Waals surface area contributed by atoms with Gasteiger partial charge in [0.05, 0.1) is 17.4 Å². The van der Waals surface area contributed by atoms with Crippen molar-refractivity contribution in [3.63, 3.8) is 0 Å². The topological polar surface area (TPSA) is 82.2 Å². The van der Waals surface area contributed by atoms with Crippen LogP contribution < -0.4 is 11.3 Å². The lowest BCUT2D eigenvalue weighted by molar-refractivity contribution is -0.130. The molecule has 1 atom stereocenters. The first-order chi connectivity index (χ1) is 7.37. The van der Waals surface area contributed by atoms with Crippen LogP contribution in [0.4, 0.5) is 0 Å². The fourth-order valence-electron chi connectivity index (χ4n) is 1.56. The first kappa shape index (κ1) is 14.9. The van der Waals surface area contributed by atoms with Gasteiger partial charge >= 0.3 is 0 Å². The summed E-state index contributed by atoms with van der Waals surface area (Å²) in [6.07, 6.45) is 0. The monoisotopic (exact) mass is 226 g/mol. The lowest BCUT2D eigenvalue weighted by atomic mass is 9.91. The van der Waals surface area contributed by atoms with Crippen LogP contribution in [0.5, 0.6) is 0 Å². The van der Waals surface area contributed by atoms with Gasteiger partial charge in [-0.1, -0.05) is 6.92 Å². The number of rotatable bonds is 6. The Labute approximate surface area is 97.6 Å². The molecule has 0 fully saturated rings. The van der Waals surface area contributed by atoms with Gasteiger partial charge in [0.2, 0.25) is 5.91 Å². The third-order valence-corrected chi connectivity index (χ3v) is 2.56. The fraction of sp³-hybridized carbons (Fsp3) is 0.818. The van der Waals surface area contributed by atoms with E-state index in [0.717, 1.165) is 6.54 Å². The minimum atomic E-state index is -0.542. The highest BCUT2D eigenvalue weighted by Crippen LogP contribution is 2.17. The van der Waals surface area contributed by atoms with Crippen LogP contribution in [-0.2, 0) is 4.79 Å². The highest BCUT2D eigenvalue weighted by atomic mass is 16.2. The highest BCUT2D eigenvalue weighted by Gasteiger charge is 2.29. The molecule has 0 radical (unpaired) electrons. The molecule has 0 aromatic heterocycles. The van der Waals surface area contributed by atoms with Crippen molar-refractivity contribution in [1.29, 1.82) is 5.26 Å². The van der Waals surface area contributed by atoms with Gasteiger partial charge in [0.1, 0.15) is 0 Å². The van der Waals surface area contributed by atoms with Crippen LogP contribution in [0.1, 0.15) is 27.7 Å². The van der Waals surface area contributed by atoms with Crippen molar-refractivity contribution < 1.29 is 4.79 Å². The molecular formula is C11H22N4O. The molecule has 0 aromatic rings. The molecule has 0 spiro atoms. The summed E-state index contributed by atoms with van der Waals surface area (Å²) in [6, 6.07) is 2.19. The summed E-state index contributed by atoms with van der Waals surface area (Å²) >= 11 is 0. The van der Waals surface area contributed by atoms with Crippen molar-refractivity contribution in [3.05, 3.63) is 0 Å². The summed E-state index contributed by atoms with van der Waals surface area (Å²) in [4.78, 5) is 13.6. The van der Waals surface area contributed by atoms with Crippen molar-refractivity contribution in [2.45, 2.75) is 27.7 Å². The molecule has 0 saturated carbocycles. The van der Waals surface area contributed by atoms with E-state index in [9.17, 15) is 4.79 Å². The molecule has 0 bridgehead atoms. The predicted molar refractivity (Wildman–Crippen MR) is 63.0 cm³/mol. The second-order valence-electron chi connectivity index (χ2n) is 4.72. The van der Waals surface area contributed by atoms with Crippen molar-refractivity contribution in [2.75, 3.05) is 19.6 Å². The van der Waals surface area contributed by atoms with Gasteiger partial charge in [0, 0.05) is 13.1 Å². The minimum Gasteiger partial charge on any atom is -0.301 e. The minimum absolute atomic E-state index is 0.0308. The Balaban J connectivity index is 4.42. The van der Waals surface area contributed by atoms with Gasteiger partial charge in [-0.3, -0.25) is 10.2 Å². The van der Waals surface area contributed by atoms with Crippen molar-refractivity contribution in [1.82, 2.24) is 10.3 Å². The first-order valence-electron chi connectivity index (χ1n) is 5.50. The number of nitriles is 1. The lowest BCUT2D eigenvalue weighted by Gasteiger charge is -2.30. The Morgan fingerprint density at radius 1 is 1.62 bits per heavy atom. The Morgan fingerprint density at radius 2 is 2.19 bits per heavy atom. The summed E-state index contributed by atoms with van der Waals surface area (Å²) in [5.41, 5.74) is 1.63. The summed E-state index contributed by atoms with van der Waals surface area (Å²) in [5.74, 6) is 4.92. The van der Waals surface area contributed by atoms with Gasteiger partial charge < -0.3 is 4.90 Å². The molecule has 5 nitrogen and oxygen atoms in total. The van der Waals surface area contributed by atoms with Crippen LogP contribution in [0, 0.1) is 22.7 Å². The first-order valence-corrected chi connectivity index (χ1v) is 5.50. The van der Waals surface area contributed by atoms with E-state index in [-0.39, 0.29) is 11.8 Å². The number of nitrogens with two attached hydrogens (primary N) is 1. The van der Waals surface area contributed by atoms with E-state index in [0.29, 0.717) is 13.1 Å². The fourth-order valence-corrected chi connectivity index (χ4v) is 1.56.